The van der Waals surface area contributed by atoms with E-state index in [1.807, 2.05) is 0 Å². The number of hydrogen-bond acceptors (Lipinski definition) is 9. The van der Waals surface area contributed by atoms with Gasteiger partial charge in [-0.25, -0.2) is 4.57 Å². The Morgan fingerprint density at radius 2 is 0.918 bits per heavy atom. The molecule has 350 valence electrons. The van der Waals surface area contributed by atoms with Gasteiger partial charge in [0.05, 0.1) is 13.2 Å². The van der Waals surface area contributed by atoms with Crippen LogP contribution >= 0.6 is 7.82 Å². The Morgan fingerprint density at radius 1 is 0.525 bits per heavy atom. The number of rotatable bonds is 43. The number of carbonyl (C=O) groups excluding carboxylic acids is 2. The molecule has 0 aromatic carbocycles. The van der Waals surface area contributed by atoms with Crippen molar-refractivity contribution in [3.05, 3.63) is 72.9 Å². The third kappa shape index (κ3) is 43.4. The van der Waals surface area contributed by atoms with Gasteiger partial charge in [-0.2, -0.15) is 0 Å². The first-order valence-electron chi connectivity index (χ1n) is 23.5. The number of carbonyl (C=O) groups is 3. The highest BCUT2D eigenvalue weighted by molar-refractivity contribution is 7.47. The lowest BCUT2D eigenvalue weighted by atomic mass is 10.1. The van der Waals surface area contributed by atoms with Crippen LogP contribution in [0.15, 0.2) is 72.9 Å². The van der Waals surface area contributed by atoms with Gasteiger partial charge in [0.1, 0.15) is 12.6 Å². The van der Waals surface area contributed by atoms with Crippen LogP contribution in [0.4, 0.5) is 0 Å². The normalized spacial score (nSPS) is 14.3. The van der Waals surface area contributed by atoms with E-state index in [-0.39, 0.29) is 19.4 Å². The van der Waals surface area contributed by atoms with E-state index < -0.39 is 51.1 Å². The van der Waals surface area contributed by atoms with E-state index in [1.54, 1.807) is 0 Å². The Kier molecular flexibility index (Phi) is 41.4. The molecule has 0 aromatic heterocycles. The van der Waals surface area contributed by atoms with E-state index in [2.05, 4.69) is 91.3 Å². The lowest BCUT2D eigenvalue weighted by Gasteiger charge is -2.20. The molecule has 0 spiro atoms. The van der Waals surface area contributed by atoms with E-state index >= 15 is 0 Å². The van der Waals surface area contributed by atoms with Gasteiger partial charge in [0.15, 0.2) is 6.10 Å². The average Bonchev–Trinajstić information content (AvgIpc) is 3.24. The topological polar surface area (TPSA) is 172 Å². The maximum atomic E-state index is 12.7. The van der Waals surface area contributed by atoms with Crippen LogP contribution in [0.2, 0.25) is 0 Å². The Balaban J connectivity index is 4.37. The van der Waals surface area contributed by atoms with E-state index in [9.17, 15) is 23.8 Å². The van der Waals surface area contributed by atoms with Crippen molar-refractivity contribution < 1.29 is 47.5 Å². The second kappa shape index (κ2) is 43.6. The molecule has 3 atom stereocenters. The molecule has 0 aromatic rings. The number of phosphoric acid groups is 1. The fraction of sp³-hybridized carbons (Fsp3) is 0.694. The van der Waals surface area contributed by atoms with Gasteiger partial charge in [0, 0.05) is 12.8 Å². The summed E-state index contributed by atoms with van der Waals surface area (Å²) in [6, 6.07) is -1.53. The van der Waals surface area contributed by atoms with Crippen molar-refractivity contribution >= 4 is 25.7 Å². The highest BCUT2D eigenvalue weighted by Gasteiger charge is 2.28. The molecule has 0 aliphatic rings. The molecule has 0 saturated carbocycles. The maximum Gasteiger partial charge on any atom is 0.472 e. The number of nitrogens with two attached hydrogens (primary N) is 1. The predicted octanol–water partition coefficient (Wildman–Crippen LogP) is 12.9. The summed E-state index contributed by atoms with van der Waals surface area (Å²) in [7, 11) is -4.73. The number of ether oxygens (including phenoxy) is 2. The van der Waals surface area contributed by atoms with Gasteiger partial charge in [-0.15, -0.1) is 0 Å². The lowest BCUT2D eigenvalue weighted by molar-refractivity contribution is -0.161. The van der Waals surface area contributed by atoms with E-state index in [4.69, 9.17) is 24.8 Å². The molecule has 0 heterocycles. The van der Waals surface area contributed by atoms with Crippen molar-refractivity contribution in [3.8, 4) is 0 Å². The number of allylic oxidation sites excluding steroid dienone is 12. The van der Waals surface area contributed by atoms with Gasteiger partial charge in [-0.3, -0.25) is 23.4 Å². The second-order valence-corrected chi connectivity index (χ2v) is 17.0. The zero-order valence-corrected chi connectivity index (χ0v) is 38.9. The van der Waals surface area contributed by atoms with Crippen LogP contribution in [0.3, 0.4) is 0 Å². The van der Waals surface area contributed by atoms with Crippen molar-refractivity contribution in [1.29, 1.82) is 0 Å². The zero-order valence-electron chi connectivity index (χ0n) is 38.0. The minimum absolute atomic E-state index is 0.140. The standard InChI is InChI=1S/C49H84NO10P/c1-3-5-7-9-11-13-15-17-19-21-23-25-27-29-31-33-35-37-39-41-48(52)60-45(43-58-61(55,56)59-44-46(50)49(53)54)42-57-47(51)40-38-36-34-32-30-28-26-24-22-20-18-16-14-12-10-8-6-4-2/h5,7,11,13-14,16-17,19-20,22-23,25,45-46H,3-4,6,8-10,12,15,18,21,24,26-44,50H2,1-2H3,(H,53,54)(H,55,56)/b7-5-,13-11-,16-14-,19-17-,22-20-,25-23-. The Hall–Kier alpha value is -3.08. The molecule has 0 fully saturated rings. The van der Waals surface area contributed by atoms with Crippen molar-refractivity contribution in [1.82, 2.24) is 0 Å². The van der Waals surface area contributed by atoms with Gasteiger partial charge in [-0.05, 0) is 83.5 Å². The third-order valence-corrected chi connectivity index (χ3v) is 10.6. The molecule has 0 saturated heterocycles. The summed E-state index contributed by atoms with van der Waals surface area (Å²) in [5.74, 6) is -2.41. The number of hydrogen-bond donors (Lipinski definition) is 3. The fourth-order valence-corrected chi connectivity index (χ4v) is 6.80. The molecule has 0 radical (unpaired) electrons. The van der Waals surface area contributed by atoms with Crippen molar-refractivity contribution in [3.63, 3.8) is 0 Å². The van der Waals surface area contributed by atoms with Crippen LogP contribution in [-0.2, 0) is 37.5 Å². The van der Waals surface area contributed by atoms with Crippen LogP contribution in [0, 0.1) is 0 Å². The first-order chi connectivity index (χ1) is 29.6. The van der Waals surface area contributed by atoms with Gasteiger partial charge < -0.3 is 25.2 Å². The van der Waals surface area contributed by atoms with E-state index in [1.165, 1.54) is 44.9 Å². The number of carboxylic acid groups (broad SMARTS) is 1. The van der Waals surface area contributed by atoms with Crippen LogP contribution in [0.5, 0.6) is 0 Å². The number of carboxylic acids is 1. The van der Waals surface area contributed by atoms with Crippen LogP contribution in [-0.4, -0.2) is 59.9 Å². The van der Waals surface area contributed by atoms with Gasteiger partial charge in [0.2, 0.25) is 0 Å². The van der Waals surface area contributed by atoms with E-state index in [0.29, 0.717) is 12.8 Å². The highest BCUT2D eigenvalue weighted by Crippen LogP contribution is 2.43. The summed E-state index contributed by atoms with van der Waals surface area (Å²) in [4.78, 5) is 46.1. The zero-order chi connectivity index (χ0) is 44.9. The molecule has 0 aliphatic heterocycles. The molecule has 4 N–H and O–H groups in total. The van der Waals surface area contributed by atoms with Gasteiger partial charge >= 0.3 is 25.7 Å². The second-order valence-electron chi connectivity index (χ2n) is 15.5. The minimum atomic E-state index is -4.73. The summed E-state index contributed by atoms with van der Waals surface area (Å²) in [6.07, 6.45) is 52.4. The average molecular weight is 878 g/mol. The van der Waals surface area contributed by atoms with Crippen molar-refractivity contribution in [2.75, 3.05) is 19.8 Å². The molecular formula is C49H84NO10P. The quantitative estimate of drug-likeness (QED) is 0.0230. The number of esters is 2. The molecule has 11 nitrogen and oxygen atoms in total. The SMILES string of the molecule is CC/C=C\C/C=C\C/C=C\C/C=C\CCCCCCCCC(=O)OC(COC(=O)CCCCCCCCC/C=C\C/C=C\CCCCCC)COP(=O)(O)OCC(N)C(=O)O. The molecule has 61 heavy (non-hydrogen) atoms. The summed E-state index contributed by atoms with van der Waals surface area (Å²) >= 11 is 0. The van der Waals surface area contributed by atoms with Gasteiger partial charge in [-0.1, -0.05) is 164 Å². The number of phosphoric ester groups is 1. The van der Waals surface area contributed by atoms with Crippen LogP contribution in [0.25, 0.3) is 0 Å². The Labute approximate surface area is 370 Å². The summed E-state index contributed by atoms with van der Waals surface area (Å²) in [5, 5.41) is 8.91. The molecule has 0 amide bonds. The third-order valence-electron chi connectivity index (χ3n) is 9.69. The molecule has 0 rings (SSSR count). The van der Waals surface area contributed by atoms with Crippen LogP contribution < -0.4 is 5.73 Å². The molecular weight excluding hydrogens is 794 g/mol. The van der Waals surface area contributed by atoms with Crippen LogP contribution in [0.1, 0.15) is 187 Å². The number of unbranched alkanes of at least 4 members (excludes halogenated alkanes) is 17. The van der Waals surface area contributed by atoms with Crippen molar-refractivity contribution in [2.24, 2.45) is 5.73 Å². The van der Waals surface area contributed by atoms with Crippen molar-refractivity contribution in [2.45, 2.75) is 199 Å². The monoisotopic (exact) mass is 878 g/mol. The largest absolute Gasteiger partial charge is 0.480 e. The Bertz CT molecular complexity index is 1310. The predicted molar refractivity (Wildman–Crippen MR) is 249 cm³/mol. The van der Waals surface area contributed by atoms with E-state index in [0.717, 1.165) is 103 Å². The van der Waals surface area contributed by atoms with Gasteiger partial charge in [0.25, 0.3) is 0 Å². The minimum Gasteiger partial charge on any atom is -0.480 e. The summed E-state index contributed by atoms with van der Waals surface area (Å²) in [6.45, 7) is 2.65. The fourth-order valence-electron chi connectivity index (χ4n) is 6.03. The first kappa shape index (κ1) is 57.9. The summed E-state index contributed by atoms with van der Waals surface area (Å²) < 4.78 is 32.8. The molecule has 3 unspecified atom stereocenters. The highest BCUT2D eigenvalue weighted by atomic mass is 31.2. The lowest BCUT2D eigenvalue weighted by Crippen LogP contribution is -2.34. The molecule has 0 aliphatic carbocycles. The Morgan fingerprint density at radius 3 is 1.38 bits per heavy atom. The smallest absolute Gasteiger partial charge is 0.472 e. The molecule has 0 bridgehead atoms. The molecule has 12 heteroatoms. The maximum absolute atomic E-state index is 12.7. The number of aliphatic carboxylic acids is 1. The first-order valence-corrected chi connectivity index (χ1v) is 25.0. The summed E-state index contributed by atoms with van der Waals surface area (Å²) in [5.41, 5.74) is 5.34.